The number of benzene rings is 11. The molecule has 0 fully saturated rings. The van der Waals surface area contributed by atoms with Gasteiger partial charge in [0, 0.05) is 36.9 Å². The van der Waals surface area contributed by atoms with Crippen molar-refractivity contribution in [2.24, 2.45) is 0 Å². The molecular weight excluding hydrogens is 767 g/mol. The van der Waals surface area contributed by atoms with Crippen LogP contribution in [0.2, 0.25) is 0 Å². The van der Waals surface area contributed by atoms with Gasteiger partial charge in [0.15, 0.2) is 0 Å². The van der Waals surface area contributed by atoms with Crippen molar-refractivity contribution in [2.75, 3.05) is 4.90 Å². The first-order chi connectivity index (χ1) is 30.7. The van der Waals surface area contributed by atoms with E-state index in [-0.39, 0.29) is 0 Å². The molecule has 2 heteroatoms. The van der Waals surface area contributed by atoms with Gasteiger partial charge in [0.1, 0.15) is 0 Å². The number of rotatable bonds is 7. The van der Waals surface area contributed by atoms with E-state index in [0.29, 0.717) is 0 Å². The number of hydrogen-bond acceptors (Lipinski definition) is 2. The highest BCUT2D eigenvalue weighted by Crippen LogP contribution is 2.44. The molecule has 1 nitrogen and oxygen atoms in total. The first-order valence-electron chi connectivity index (χ1n) is 21.2. The standard InChI is InChI=1S/C60H39NS/c1-2-12-44(13-3-1)53-22-11-23-56-57-38-46(32-37-59(57)62-60(53)56)42-26-24-40(25-27-42)41-28-33-48(34-29-41)61(58-39-47-15-5-7-18-52(47)54-19-8-9-20-55(54)58)49-35-30-45(31-36-49)51-21-10-16-43-14-4-6-17-50(43)51/h1-39H. The average molecular weight is 806 g/mol. The minimum Gasteiger partial charge on any atom is -0.310 e. The summed E-state index contributed by atoms with van der Waals surface area (Å²) in [5.41, 5.74) is 13.2. The molecule has 0 saturated carbocycles. The first kappa shape index (κ1) is 36.1. The fourth-order valence-electron chi connectivity index (χ4n) is 9.40. The Kier molecular flexibility index (Phi) is 8.76. The van der Waals surface area contributed by atoms with E-state index in [9.17, 15) is 0 Å². The predicted octanol–water partition coefficient (Wildman–Crippen LogP) is 17.7. The van der Waals surface area contributed by atoms with E-state index in [0.717, 1.165) is 17.1 Å². The van der Waals surface area contributed by atoms with Crippen LogP contribution in [-0.2, 0) is 0 Å². The molecule has 12 rings (SSSR count). The summed E-state index contributed by atoms with van der Waals surface area (Å²) in [7, 11) is 0. The van der Waals surface area contributed by atoms with Crippen molar-refractivity contribution >= 4 is 80.9 Å². The lowest BCUT2D eigenvalue weighted by molar-refractivity contribution is 1.30. The zero-order valence-corrected chi connectivity index (χ0v) is 34.7. The summed E-state index contributed by atoms with van der Waals surface area (Å²) in [5, 5.41) is 10.1. The van der Waals surface area contributed by atoms with E-state index in [2.05, 4.69) is 241 Å². The smallest absolute Gasteiger partial charge is 0.0546 e. The van der Waals surface area contributed by atoms with Crippen LogP contribution in [0.25, 0.3) is 97.0 Å². The molecule has 1 aromatic heterocycles. The lowest BCUT2D eigenvalue weighted by Crippen LogP contribution is -2.10. The molecule has 0 atom stereocenters. The molecule has 0 spiro atoms. The van der Waals surface area contributed by atoms with Crippen molar-refractivity contribution in [3.8, 4) is 44.5 Å². The second kappa shape index (κ2) is 15.0. The van der Waals surface area contributed by atoms with E-state index in [1.165, 1.54) is 97.0 Å². The Labute approximate surface area is 365 Å². The zero-order valence-electron chi connectivity index (χ0n) is 33.9. The highest BCUT2D eigenvalue weighted by atomic mass is 32.1. The Bertz CT molecular complexity index is 3600. The lowest BCUT2D eigenvalue weighted by atomic mass is 9.97. The van der Waals surface area contributed by atoms with Crippen LogP contribution >= 0.6 is 11.3 Å². The maximum atomic E-state index is 2.42. The molecule has 1 heterocycles. The van der Waals surface area contributed by atoms with Gasteiger partial charge in [-0.2, -0.15) is 0 Å². The monoisotopic (exact) mass is 805 g/mol. The molecular formula is C60H39NS. The Morgan fingerprint density at radius 3 is 1.52 bits per heavy atom. The van der Waals surface area contributed by atoms with Gasteiger partial charge < -0.3 is 4.90 Å². The van der Waals surface area contributed by atoms with E-state index >= 15 is 0 Å². The van der Waals surface area contributed by atoms with Crippen LogP contribution in [0, 0.1) is 0 Å². The third-order valence-electron chi connectivity index (χ3n) is 12.5. The molecule has 0 aliphatic rings. The molecule has 0 aliphatic heterocycles. The molecule has 62 heavy (non-hydrogen) atoms. The number of nitrogens with zero attached hydrogens (tertiary/aromatic N) is 1. The fraction of sp³-hybridized carbons (Fsp3) is 0. The summed E-state index contributed by atoms with van der Waals surface area (Å²) in [6.07, 6.45) is 0. The third-order valence-corrected chi connectivity index (χ3v) is 13.7. The summed E-state index contributed by atoms with van der Waals surface area (Å²) in [4.78, 5) is 2.42. The van der Waals surface area contributed by atoms with Crippen molar-refractivity contribution in [1.82, 2.24) is 0 Å². The molecule has 11 aromatic carbocycles. The van der Waals surface area contributed by atoms with Gasteiger partial charge >= 0.3 is 0 Å². The van der Waals surface area contributed by atoms with Crippen molar-refractivity contribution in [3.63, 3.8) is 0 Å². The topological polar surface area (TPSA) is 3.24 Å². The molecule has 0 bridgehead atoms. The van der Waals surface area contributed by atoms with Gasteiger partial charge in [-0.25, -0.2) is 0 Å². The maximum Gasteiger partial charge on any atom is 0.0546 e. The Balaban J connectivity index is 0.904. The molecule has 0 amide bonds. The average Bonchev–Trinajstić information content (AvgIpc) is 3.73. The van der Waals surface area contributed by atoms with Crippen LogP contribution in [0.3, 0.4) is 0 Å². The largest absolute Gasteiger partial charge is 0.310 e. The van der Waals surface area contributed by atoms with Crippen LogP contribution in [0.1, 0.15) is 0 Å². The van der Waals surface area contributed by atoms with Gasteiger partial charge in [0.25, 0.3) is 0 Å². The normalized spacial score (nSPS) is 11.5. The Hall–Kier alpha value is -7.78. The van der Waals surface area contributed by atoms with E-state index in [1.54, 1.807) is 0 Å². The Morgan fingerprint density at radius 2 is 0.774 bits per heavy atom. The molecule has 12 aromatic rings. The van der Waals surface area contributed by atoms with Crippen LogP contribution in [-0.4, -0.2) is 0 Å². The second-order valence-corrected chi connectivity index (χ2v) is 17.1. The predicted molar refractivity (Wildman–Crippen MR) is 268 cm³/mol. The van der Waals surface area contributed by atoms with Crippen molar-refractivity contribution in [2.45, 2.75) is 0 Å². The Morgan fingerprint density at radius 1 is 0.274 bits per heavy atom. The summed E-state index contributed by atoms with van der Waals surface area (Å²) in [6, 6.07) is 86.6. The summed E-state index contributed by atoms with van der Waals surface area (Å²) in [5.74, 6) is 0. The van der Waals surface area contributed by atoms with E-state index in [1.807, 2.05) is 11.3 Å². The lowest BCUT2D eigenvalue weighted by Gasteiger charge is -2.28. The minimum atomic E-state index is 1.11. The van der Waals surface area contributed by atoms with Gasteiger partial charge in [-0.1, -0.05) is 194 Å². The molecule has 0 unspecified atom stereocenters. The quantitative estimate of drug-likeness (QED) is 0.145. The van der Waals surface area contributed by atoms with Gasteiger partial charge in [-0.05, 0) is 114 Å². The minimum absolute atomic E-state index is 1.11. The molecule has 0 saturated heterocycles. The van der Waals surface area contributed by atoms with Crippen molar-refractivity contribution < 1.29 is 0 Å². The van der Waals surface area contributed by atoms with Gasteiger partial charge in [0.2, 0.25) is 0 Å². The van der Waals surface area contributed by atoms with Crippen molar-refractivity contribution in [1.29, 1.82) is 0 Å². The van der Waals surface area contributed by atoms with E-state index < -0.39 is 0 Å². The zero-order chi connectivity index (χ0) is 41.0. The summed E-state index contributed by atoms with van der Waals surface area (Å²) < 4.78 is 2.66. The van der Waals surface area contributed by atoms with Crippen LogP contribution in [0.4, 0.5) is 17.1 Å². The number of thiophene rings is 1. The van der Waals surface area contributed by atoms with Crippen LogP contribution in [0.5, 0.6) is 0 Å². The van der Waals surface area contributed by atoms with Gasteiger partial charge in [-0.15, -0.1) is 11.3 Å². The highest BCUT2D eigenvalue weighted by molar-refractivity contribution is 7.26. The molecule has 0 radical (unpaired) electrons. The number of hydrogen-bond donors (Lipinski definition) is 0. The second-order valence-electron chi connectivity index (χ2n) is 16.1. The third kappa shape index (κ3) is 6.24. The van der Waals surface area contributed by atoms with Gasteiger partial charge in [-0.3, -0.25) is 0 Å². The maximum absolute atomic E-state index is 2.42. The van der Waals surface area contributed by atoms with Crippen LogP contribution in [0.15, 0.2) is 237 Å². The first-order valence-corrected chi connectivity index (χ1v) is 22.1. The van der Waals surface area contributed by atoms with E-state index in [4.69, 9.17) is 0 Å². The fourth-order valence-corrected chi connectivity index (χ4v) is 10.6. The molecule has 290 valence electrons. The van der Waals surface area contributed by atoms with Gasteiger partial charge in [0.05, 0.1) is 5.69 Å². The molecule has 0 aliphatic carbocycles. The summed E-state index contributed by atoms with van der Waals surface area (Å²) in [6.45, 7) is 0. The summed E-state index contributed by atoms with van der Waals surface area (Å²) >= 11 is 1.88. The SMILES string of the molecule is c1ccc(-c2cccc3c2sc2ccc(-c4ccc(-c5ccc(N(c6ccc(-c7cccc8ccccc78)cc6)c6cc7ccccc7c7ccccc67)cc5)cc4)cc23)cc1. The molecule has 0 N–H and O–H groups in total. The number of fused-ring (bicyclic) bond motifs is 7. The number of anilines is 3. The highest BCUT2D eigenvalue weighted by Gasteiger charge is 2.18. The van der Waals surface area contributed by atoms with Crippen molar-refractivity contribution in [3.05, 3.63) is 237 Å². The van der Waals surface area contributed by atoms with Crippen LogP contribution < -0.4 is 4.90 Å².